The lowest BCUT2D eigenvalue weighted by Gasteiger charge is -2.09. The van der Waals surface area contributed by atoms with E-state index in [1.165, 1.54) is 0 Å². The minimum Gasteiger partial charge on any atom is -0.493 e. The number of halogens is 1. The molecule has 5 nitrogen and oxygen atoms in total. The summed E-state index contributed by atoms with van der Waals surface area (Å²) in [6, 6.07) is 14.9. The van der Waals surface area contributed by atoms with Crippen molar-refractivity contribution in [3.8, 4) is 28.8 Å². The Kier molecular flexibility index (Phi) is 5.35. The Labute approximate surface area is 156 Å². The molecule has 0 bridgehead atoms. The van der Waals surface area contributed by atoms with Gasteiger partial charge in [-0.2, -0.15) is 5.26 Å². The molecule has 0 radical (unpaired) electrons. The molecule has 3 aromatic rings. The Morgan fingerprint density at radius 3 is 2.58 bits per heavy atom. The topological polar surface area (TPSA) is 68.0 Å². The van der Waals surface area contributed by atoms with Crippen LogP contribution in [-0.4, -0.2) is 24.2 Å². The van der Waals surface area contributed by atoms with Gasteiger partial charge in [0, 0.05) is 18.2 Å². The number of ether oxygens (including phenoxy) is 2. The van der Waals surface area contributed by atoms with Gasteiger partial charge in [-0.1, -0.05) is 23.7 Å². The zero-order valence-corrected chi connectivity index (χ0v) is 15.1. The van der Waals surface area contributed by atoms with Crippen molar-refractivity contribution in [1.29, 1.82) is 5.26 Å². The molecule has 1 aromatic heterocycles. The first-order valence-electron chi connectivity index (χ1n) is 7.87. The van der Waals surface area contributed by atoms with E-state index in [2.05, 4.69) is 16.0 Å². The van der Waals surface area contributed by atoms with Crippen LogP contribution in [0.2, 0.25) is 5.02 Å². The van der Waals surface area contributed by atoms with Crippen molar-refractivity contribution >= 4 is 11.6 Å². The van der Waals surface area contributed by atoms with Gasteiger partial charge in [-0.3, -0.25) is 0 Å². The number of hydrogen-bond acceptors (Lipinski definition) is 5. The van der Waals surface area contributed by atoms with E-state index < -0.39 is 0 Å². The van der Waals surface area contributed by atoms with Crippen molar-refractivity contribution in [1.82, 2.24) is 9.97 Å². The van der Waals surface area contributed by atoms with Crippen molar-refractivity contribution < 1.29 is 9.47 Å². The highest BCUT2D eigenvalue weighted by molar-refractivity contribution is 6.31. The van der Waals surface area contributed by atoms with Crippen LogP contribution in [0.15, 0.2) is 48.7 Å². The number of hydrogen-bond donors (Lipinski definition) is 0. The summed E-state index contributed by atoms with van der Waals surface area (Å²) in [5, 5.41) is 9.57. The average Bonchev–Trinajstić information content (AvgIpc) is 2.68. The van der Waals surface area contributed by atoms with Gasteiger partial charge in [0.05, 0.1) is 30.5 Å². The minimum absolute atomic E-state index is 0.421. The van der Waals surface area contributed by atoms with Crippen LogP contribution in [0.4, 0.5) is 0 Å². The molecule has 0 amide bonds. The maximum Gasteiger partial charge on any atom is 0.161 e. The largest absolute Gasteiger partial charge is 0.493 e. The lowest BCUT2D eigenvalue weighted by atomic mass is 10.1. The normalized spacial score (nSPS) is 10.2. The zero-order valence-electron chi connectivity index (χ0n) is 14.4. The first-order valence-corrected chi connectivity index (χ1v) is 8.25. The van der Waals surface area contributed by atoms with Crippen LogP contribution in [0.5, 0.6) is 11.5 Å². The summed E-state index contributed by atoms with van der Waals surface area (Å²) >= 11 is 6.00. The van der Waals surface area contributed by atoms with Crippen LogP contribution >= 0.6 is 11.6 Å². The minimum atomic E-state index is 0.421. The van der Waals surface area contributed by atoms with Crippen molar-refractivity contribution in [2.45, 2.75) is 6.42 Å². The number of aromatic nitrogens is 2. The van der Waals surface area contributed by atoms with E-state index in [-0.39, 0.29) is 0 Å². The Morgan fingerprint density at radius 2 is 1.85 bits per heavy atom. The first kappa shape index (κ1) is 17.7. The Bertz CT molecular complexity index is 983. The summed E-state index contributed by atoms with van der Waals surface area (Å²) in [6.45, 7) is 0. The molecule has 130 valence electrons. The number of benzene rings is 2. The van der Waals surface area contributed by atoms with Gasteiger partial charge in [-0.15, -0.1) is 0 Å². The molecular formula is C20H16ClN3O2. The lowest BCUT2D eigenvalue weighted by molar-refractivity contribution is 0.354. The van der Waals surface area contributed by atoms with Crippen LogP contribution in [0.1, 0.15) is 17.0 Å². The molecule has 0 spiro atoms. The molecule has 6 heteroatoms. The molecule has 0 aliphatic heterocycles. The molecule has 0 saturated heterocycles. The van der Waals surface area contributed by atoms with Crippen LogP contribution in [0.25, 0.3) is 11.3 Å². The Morgan fingerprint density at radius 1 is 1.04 bits per heavy atom. The molecule has 0 aliphatic carbocycles. The highest BCUT2D eigenvalue weighted by Gasteiger charge is 2.09. The van der Waals surface area contributed by atoms with E-state index in [4.69, 9.17) is 26.3 Å². The molecule has 0 aliphatic rings. The van der Waals surface area contributed by atoms with Gasteiger partial charge >= 0.3 is 0 Å². The third-order valence-electron chi connectivity index (χ3n) is 3.90. The molecule has 0 fully saturated rings. The van der Waals surface area contributed by atoms with E-state index in [1.54, 1.807) is 32.5 Å². The predicted molar refractivity (Wildman–Crippen MR) is 99.5 cm³/mol. The summed E-state index contributed by atoms with van der Waals surface area (Å²) in [5.74, 6) is 2.01. The van der Waals surface area contributed by atoms with Crippen LogP contribution in [0, 0.1) is 11.3 Å². The van der Waals surface area contributed by atoms with Gasteiger partial charge in [0.1, 0.15) is 11.9 Å². The molecule has 26 heavy (non-hydrogen) atoms. The molecule has 3 rings (SSSR count). The zero-order chi connectivity index (χ0) is 18.5. The second-order valence-electron chi connectivity index (χ2n) is 5.53. The summed E-state index contributed by atoms with van der Waals surface area (Å²) in [7, 11) is 3.21. The maximum absolute atomic E-state index is 9.14. The number of methoxy groups -OCH3 is 2. The Balaban J connectivity index is 1.90. The quantitative estimate of drug-likeness (QED) is 0.675. The third-order valence-corrected chi connectivity index (χ3v) is 4.23. The van der Waals surface area contributed by atoms with Crippen LogP contribution in [-0.2, 0) is 6.42 Å². The molecular weight excluding hydrogens is 350 g/mol. The lowest BCUT2D eigenvalue weighted by Crippen LogP contribution is -1.99. The van der Waals surface area contributed by atoms with Gasteiger partial charge in [-0.05, 0) is 35.9 Å². The summed E-state index contributed by atoms with van der Waals surface area (Å²) in [4.78, 5) is 8.95. The van der Waals surface area contributed by atoms with Gasteiger partial charge < -0.3 is 9.47 Å². The maximum atomic E-state index is 9.14. The number of nitriles is 1. The van der Waals surface area contributed by atoms with Crippen molar-refractivity contribution in [3.63, 3.8) is 0 Å². The van der Waals surface area contributed by atoms with E-state index in [0.29, 0.717) is 34.3 Å². The highest BCUT2D eigenvalue weighted by Crippen LogP contribution is 2.28. The van der Waals surface area contributed by atoms with Crippen LogP contribution in [0.3, 0.4) is 0 Å². The Hall–Kier alpha value is -3.10. The van der Waals surface area contributed by atoms with Gasteiger partial charge in [0.25, 0.3) is 0 Å². The second-order valence-corrected chi connectivity index (χ2v) is 5.94. The number of nitrogens with zero attached hydrogens (tertiary/aromatic N) is 3. The average molecular weight is 366 g/mol. The summed E-state index contributed by atoms with van der Waals surface area (Å²) in [6.07, 6.45) is 2.26. The molecule has 0 atom stereocenters. The fourth-order valence-electron chi connectivity index (χ4n) is 2.59. The van der Waals surface area contributed by atoms with E-state index in [9.17, 15) is 0 Å². The number of rotatable bonds is 5. The molecule has 0 N–H and O–H groups in total. The molecule has 2 aromatic carbocycles. The third kappa shape index (κ3) is 3.76. The predicted octanol–water partition coefficient (Wildman–Crippen LogP) is 4.28. The van der Waals surface area contributed by atoms with Gasteiger partial charge in [-0.25, -0.2) is 9.97 Å². The molecule has 0 unspecified atom stereocenters. The van der Waals surface area contributed by atoms with Gasteiger partial charge in [0.2, 0.25) is 0 Å². The first-order chi connectivity index (χ1) is 12.6. The standard InChI is InChI=1S/C20H16ClN3O2/c1-25-18-6-3-13(9-19(18)26-2)10-20-23-8-7-17(24-20)14-4-5-16(21)15(11-14)12-22/h3-9,11H,10H2,1-2H3. The van der Waals surface area contributed by atoms with E-state index in [0.717, 1.165) is 16.8 Å². The van der Waals surface area contributed by atoms with Crippen molar-refractivity contribution in [2.75, 3.05) is 14.2 Å². The van der Waals surface area contributed by atoms with Crippen molar-refractivity contribution in [2.24, 2.45) is 0 Å². The molecule has 0 saturated carbocycles. The second kappa shape index (κ2) is 7.85. The van der Waals surface area contributed by atoms with Crippen molar-refractivity contribution in [3.05, 3.63) is 70.6 Å². The fraction of sp³-hybridized carbons (Fsp3) is 0.150. The highest BCUT2D eigenvalue weighted by atomic mass is 35.5. The fourth-order valence-corrected chi connectivity index (χ4v) is 2.75. The smallest absolute Gasteiger partial charge is 0.161 e. The molecule has 1 heterocycles. The van der Waals surface area contributed by atoms with E-state index in [1.807, 2.05) is 30.3 Å². The summed E-state index contributed by atoms with van der Waals surface area (Å²) in [5.41, 5.74) is 2.99. The van der Waals surface area contributed by atoms with Gasteiger partial charge in [0.15, 0.2) is 11.5 Å². The SMILES string of the molecule is COc1ccc(Cc2nccc(-c3ccc(Cl)c(C#N)c3)n2)cc1OC. The monoisotopic (exact) mass is 365 g/mol. The van der Waals surface area contributed by atoms with Crippen LogP contribution < -0.4 is 9.47 Å². The summed E-state index contributed by atoms with van der Waals surface area (Å²) < 4.78 is 10.6. The van der Waals surface area contributed by atoms with E-state index >= 15 is 0 Å².